The molecular formula is C17H16FNO2. The third-order valence-corrected chi connectivity index (χ3v) is 3.96. The number of carbonyl (C=O) groups is 1. The highest BCUT2D eigenvalue weighted by molar-refractivity contribution is 5.74. The van der Waals surface area contributed by atoms with Crippen LogP contribution in [-0.2, 0) is 24.3 Å². The van der Waals surface area contributed by atoms with E-state index in [0.717, 1.165) is 11.1 Å². The normalized spacial score (nSPS) is 18.2. The van der Waals surface area contributed by atoms with Gasteiger partial charge in [0.15, 0.2) is 0 Å². The van der Waals surface area contributed by atoms with Crippen LogP contribution in [-0.4, -0.2) is 22.0 Å². The van der Waals surface area contributed by atoms with Gasteiger partial charge in [-0.05, 0) is 23.6 Å². The average Bonchev–Trinajstić information content (AvgIpc) is 2.48. The molecule has 1 N–H and O–H groups in total. The Labute approximate surface area is 122 Å². The van der Waals surface area contributed by atoms with Crippen molar-refractivity contribution in [3.8, 4) is 0 Å². The van der Waals surface area contributed by atoms with Crippen molar-refractivity contribution in [2.24, 2.45) is 0 Å². The molecule has 3 rings (SSSR count). The van der Waals surface area contributed by atoms with E-state index in [-0.39, 0.29) is 5.82 Å². The molecule has 2 aromatic carbocycles. The zero-order valence-electron chi connectivity index (χ0n) is 11.5. The molecular weight excluding hydrogens is 269 g/mol. The third kappa shape index (κ3) is 2.81. The molecule has 3 nitrogen and oxygen atoms in total. The van der Waals surface area contributed by atoms with Gasteiger partial charge in [-0.1, -0.05) is 42.5 Å². The Kier molecular flexibility index (Phi) is 3.71. The van der Waals surface area contributed by atoms with Gasteiger partial charge >= 0.3 is 5.97 Å². The second kappa shape index (κ2) is 5.66. The van der Waals surface area contributed by atoms with Crippen molar-refractivity contribution in [1.29, 1.82) is 0 Å². The van der Waals surface area contributed by atoms with Gasteiger partial charge in [-0.15, -0.1) is 0 Å². The van der Waals surface area contributed by atoms with Gasteiger partial charge in [-0.3, -0.25) is 9.69 Å². The minimum Gasteiger partial charge on any atom is -0.480 e. The van der Waals surface area contributed by atoms with Gasteiger partial charge in [0, 0.05) is 18.7 Å². The van der Waals surface area contributed by atoms with Crippen LogP contribution >= 0.6 is 0 Å². The van der Waals surface area contributed by atoms with Crippen molar-refractivity contribution < 1.29 is 14.3 Å². The Morgan fingerprint density at radius 2 is 1.81 bits per heavy atom. The van der Waals surface area contributed by atoms with Crippen molar-refractivity contribution in [3.63, 3.8) is 0 Å². The molecule has 0 aliphatic carbocycles. The van der Waals surface area contributed by atoms with Crippen molar-refractivity contribution in [2.75, 3.05) is 0 Å². The second-order valence-electron chi connectivity index (χ2n) is 5.32. The average molecular weight is 285 g/mol. The molecule has 0 spiro atoms. The fraction of sp³-hybridized carbons (Fsp3) is 0.235. The highest BCUT2D eigenvalue weighted by atomic mass is 19.1. The summed E-state index contributed by atoms with van der Waals surface area (Å²) in [6, 6.07) is 13.7. The van der Waals surface area contributed by atoms with Gasteiger partial charge in [-0.25, -0.2) is 4.39 Å². The summed E-state index contributed by atoms with van der Waals surface area (Å²) in [6.07, 6.45) is 0.458. The van der Waals surface area contributed by atoms with Crippen LogP contribution in [0.5, 0.6) is 0 Å². The molecule has 0 radical (unpaired) electrons. The molecule has 0 fully saturated rings. The van der Waals surface area contributed by atoms with E-state index in [1.54, 1.807) is 18.2 Å². The number of carboxylic acid groups (broad SMARTS) is 1. The number of halogens is 1. The fourth-order valence-corrected chi connectivity index (χ4v) is 2.83. The Morgan fingerprint density at radius 3 is 2.52 bits per heavy atom. The molecule has 1 unspecified atom stereocenters. The number of carboxylic acids is 1. The van der Waals surface area contributed by atoms with E-state index in [1.807, 2.05) is 29.2 Å². The maximum Gasteiger partial charge on any atom is 0.321 e. The van der Waals surface area contributed by atoms with Crippen LogP contribution < -0.4 is 0 Å². The molecule has 1 atom stereocenters. The van der Waals surface area contributed by atoms with Crippen LogP contribution in [0.15, 0.2) is 48.5 Å². The highest BCUT2D eigenvalue weighted by Crippen LogP contribution is 2.25. The first-order valence-electron chi connectivity index (χ1n) is 6.92. The number of benzene rings is 2. The smallest absolute Gasteiger partial charge is 0.321 e. The molecule has 4 heteroatoms. The SMILES string of the molecule is O=C(O)C1Cc2ccccc2CN1Cc1ccccc1F. The highest BCUT2D eigenvalue weighted by Gasteiger charge is 2.31. The standard InChI is InChI=1S/C17H16FNO2/c18-15-8-4-3-7-14(15)11-19-10-13-6-2-1-5-12(13)9-16(19)17(20)21/h1-8,16H,9-11H2,(H,20,21). The van der Waals surface area contributed by atoms with Crippen LogP contribution in [0.1, 0.15) is 16.7 Å². The number of hydrogen-bond acceptors (Lipinski definition) is 2. The zero-order chi connectivity index (χ0) is 14.8. The summed E-state index contributed by atoms with van der Waals surface area (Å²) in [6.45, 7) is 0.833. The lowest BCUT2D eigenvalue weighted by Gasteiger charge is -2.34. The van der Waals surface area contributed by atoms with Gasteiger partial charge in [0.05, 0.1) is 0 Å². The number of fused-ring (bicyclic) bond motifs is 1. The molecule has 108 valence electrons. The van der Waals surface area contributed by atoms with E-state index in [0.29, 0.717) is 25.1 Å². The van der Waals surface area contributed by atoms with Crippen LogP contribution in [0.3, 0.4) is 0 Å². The topological polar surface area (TPSA) is 40.5 Å². The number of nitrogens with zero attached hydrogens (tertiary/aromatic N) is 1. The maximum absolute atomic E-state index is 13.8. The molecule has 0 saturated heterocycles. The summed E-state index contributed by atoms with van der Waals surface area (Å²) >= 11 is 0. The maximum atomic E-state index is 13.8. The number of aliphatic carboxylic acids is 1. The second-order valence-corrected chi connectivity index (χ2v) is 5.32. The Bertz CT molecular complexity index is 671. The van der Waals surface area contributed by atoms with Crippen LogP contribution in [0.25, 0.3) is 0 Å². The third-order valence-electron chi connectivity index (χ3n) is 3.96. The first-order valence-corrected chi connectivity index (χ1v) is 6.92. The van der Waals surface area contributed by atoms with Gasteiger partial charge in [0.1, 0.15) is 11.9 Å². The van der Waals surface area contributed by atoms with Crippen molar-refractivity contribution in [3.05, 3.63) is 71.0 Å². The molecule has 21 heavy (non-hydrogen) atoms. The molecule has 0 amide bonds. The quantitative estimate of drug-likeness (QED) is 0.942. The summed E-state index contributed by atoms with van der Waals surface area (Å²) < 4.78 is 13.8. The molecule has 1 aliphatic heterocycles. The monoisotopic (exact) mass is 285 g/mol. The van der Waals surface area contributed by atoms with E-state index in [2.05, 4.69) is 0 Å². The van der Waals surface area contributed by atoms with E-state index >= 15 is 0 Å². The lowest BCUT2D eigenvalue weighted by Crippen LogP contribution is -2.45. The van der Waals surface area contributed by atoms with E-state index in [1.165, 1.54) is 6.07 Å². The molecule has 1 heterocycles. The van der Waals surface area contributed by atoms with E-state index in [4.69, 9.17) is 0 Å². The van der Waals surface area contributed by atoms with E-state index in [9.17, 15) is 14.3 Å². The van der Waals surface area contributed by atoms with Gasteiger partial charge in [0.2, 0.25) is 0 Å². The molecule has 0 bridgehead atoms. The Morgan fingerprint density at radius 1 is 1.14 bits per heavy atom. The van der Waals surface area contributed by atoms with Gasteiger partial charge in [-0.2, -0.15) is 0 Å². The van der Waals surface area contributed by atoms with Crippen LogP contribution in [0, 0.1) is 5.82 Å². The first kappa shape index (κ1) is 13.8. The molecule has 2 aromatic rings. The number of hydrogen-bond donors (Lipinski definition) is 1. The lowest BCUT2D eigenvalue weighted by molar-refractivity contribution is -0.144. The Balaban J connectivity index is 1.89. The lowest BCUT2D eigenvalue weighted by atomic mass is 9.93. The largest absolute Gasteiger partial charge is 0.480 e. The minimum atomic E-state index is -0.860. The molecule has 0 saturated carbocycles. The van der Waals surface area contributed by atoms with Crippen molar-refractivity contribution in [2.45, 2.75) is 25.6 Å². The van der Waals surface area contributed by atoms with Crippen LogP contribution in [0.4, 0.5) is 4.39 Å². The first-order chi connectivity index (χ1) is 10.1. The summed E-state index contributed by atoms with van der Waals surface area (Å²) in [5.41, 5.74) is 2.71. The van der Waals surface area contributed by atoms with E-state index < -0.39 is 12.0 Å². The fourth-order valence-electron chi connectivity index (χ4n) is 2.83. The predicted molar refractivity (Wildman–Crippen MR) is 77.2 cm³/mol. The molecule has 1 aliphatic rings. The summed E-state index contributed by atoms with van der Waals surface area (Å²) in [7, 11) is 0. The summed E-state index contributed by atoms with van der Waals surface area (Å²) in [4.78, 5) is 13.3. The zero-order valence-corrected chi connectivity index (χ0v) is 11.5. The Hall–Kier alpha value is -2.20. The minimum absolute atomic E-state index is 0.291. The predicted octanol–water partition coefficient (Wildman–Crippen LogP) is 2.84. The summed E-state index contributed by atoms with van der Waals surface area (Å²) in [5, 5.41) is 9.45. The van der Waals surface area contributed by atoms with Crippen LogP contribution in [0.2, 0.25) is 0 Å². The van der Waals surface area contributed by atoms with Gasteiger partial charge in [0.25, 0.3) is 0 Å². The number of rotatable bonds is 3. The van der Waals surface area contributed by atoms with Crippen molar-refractivity contribution >= 4 is 5.97 Å². The van der Waals surface area contributed by atoms with Gasteiger partial charge < -0.3 is 5.11 Å². The van der Waals surface area contributed by atoms with Crippen molar-refractivity contribution in [1.82, 2.24) is 4.90 Å². The summed E-state index contributed by atoms with van der Waals surface area (Å²) in [5.74, 6) is -1.15. The molecule has 0 aromatic heterocycles.